The van der Waals surface area contributed by atoms with E-state index in [2.05, 4.69) is 6.92 Å². The number of phenols is 1. The van der Waals surface area contributed by atoms with Gasteiger partial charge >= 0.3 is 0 Å². The number of fused-ring (bicyclic) bond motifs is 2. The van der Waals surface area contributed by atoms with Crippen LogP contribution in [0.25, 0.3) is 10.8 Å². The lowest BCUT2D eigenvalue weighted by molar-refractivity contribution is 0.0950. The van der Waals surface area contributed by atoms with Crippen LogP contribution in [0.15, 0.2) is 78.9 Å². The normalized spacial score (nSPS) is 15.3. The van der Waals surface area contributed by atoms with Gasteiger partial charge in [0.15, 0.2) is 5.78 Å². The zero-order chi connectivity index (χ0) is 22.8. The zero-order valence-electron chi connectivity index (χ0n) is 18.6. The molecule has 0 radical (unpaired) electrons. The Labute approximate surface area is 193 Å². The number of aromatic hydroxyl groups is 1. The first-order valence-corrected chi connectivity index (χ1v) is 11.3. The quantitative estimate of drug-likeness (QED) is 0.375. The maximum atomic E-state index is 12.8. The molecule has 1 aliphatic carbocycles. The maximum Gasteiger partial charge on any atom is 0.167 e. The van der Waals surface area contributed by atoms with Crippen LogP contribution in [0.4, 0.5) is 0 Å². The third kappa shape index (κ3) is 4.42. The van der Waals surface area contributed by atoms with E-state index in [1.54, 1.807) is 6.07 Å². The first kappa shape index (κ1) is 21.1. The minimum Gasteiger partial charge on any atom is -0.506 e. The standard InChI is InChI=1S/C29H26O4/c1-19-12-22-14-23-15-24(32-17-20-8-4-2-5-9-20)16-26(33-18-21-10-6-3-7-11-21)28(23)29(31)27(22)25(30)13-19/h2-11,14-16,19,31H,12-13,17-18H2,1H3/t19-/m0/s1. The summed E-state index contributed by atoms with van der Waals surface area (Å²) in [5.74, 6) is 1.42. The number of carbonyl (C=O) groups excluding carboxylic acids is 1. The van der Waals surface area contributed by atoms with Crippen LogP contribution < -0.4 is 9.47 Å². The molecule has 4 aromatic carbocycles. The second-order valence-electron chi connectivity index (χ2n) is 8.76. The van der Waals surface area contributed by atoms with Crippen molar-refractivity contribution in [2.24, 2.45) is 5.92 Å². The average Bonchev–Trinajstić information content (AvgIpc) is 2.82. The molecular formula is C29H26O4. The monoisotopic (exact) mass is 438 g/mol. The molecule has 166 valence electrons. The van der Waals surface area contributed by atoms with Crippen LogP contribution in [-0.4, -0.2) is 10.9 Å². The summed E-state index contributed by atoms with van der Waals surface area (Å²) < 4.78 is 12.3. The number of rotatable bonds is 6. The Kier molecular flexibility index (Phi) is 5.74. The molecule has 33 heavy (non-hydrogen) atoms. The number of hydrogen-bond donors (Lipinski definition) is 1. The Hall–Kier alpha value is -3.79. The lowest BCUT2D eigenvalue weighted by Crippen LogP contribution is -2.18. The highest BCUT2D eigenvalue weighted by Gasteiger charge is 2.28. The minimum absolute atomic E-state index is 0.0112. The highest BCUT2D eigenvalue weighted by atomic mass is 16.5. The third-order valence-electron chi connectivity index (χ3n) is 6.10. The van der Waals surface area contributed by atoms with E-state index in [1.165, 1.54) is 0 Å². The van der Waals surface area contributed by atoms with Crippen LogP contribution in [0.5, 0.6) is 17.2 Å². The van der Waals surface area contributed by atoms with Crippen molar-refractivity contribution >= 4 is 16.6 Å². The summed E-state index contributed by atoms with van der Waals surface area (Å²) >= 11 is 0. The largest absolute Gasteiger partial charge is 0.506 e. The molecule has 0 saturated carbocycles. The highest BCUT2D eigenvalue weighted by Crippen LogP contribution is 2.43. The molecule has 0 aromatic heterocycles. The van der Waals surface area contributed by atoms with E-state index >= 15 is 0 Å². The molecule has 0 aliphatic heterocycles. The summed E-state index contributed by atoms with van der Waals surface area (Å²) in [5.41, 5.74) is 3.40. The van der Waals surface area contributed by atoms with Gasteiger partial charge in [0.25, 0.3) is 0 Å². The molecule has 0 bridgehead atoms. The van der Waals surface area contributed by atoms with Crippen LogP contribution >= 0.6 is 0 Å². The van der Waals surface area contributed by atoms with E-state index in [-0.39, 0.29) is 17.5 Å². The predicted octanol–water partition coefficient (Wildman–Crippen LogP) is 6.47. The Bertz CT molecular complexity index is 1300. The van der Waals surface area contributed by atoms with Crippen molar-refractivity contribution in [3.05, 3.63) is 101 Å². The molecular weight excluding hydrogens is 412 g/mol. The first-order chi connectivity index (χ1) is 16.1. The van der Waals surface area contributed by atoms with Crippen molar-refractivity contribution in [1.29, 1.82) is 0 Å². The average molecular weight is 439 g/mol. The summed E-state index contributed by atoms with van der Waals surface area (Å²) in [6, 6.07) is 25.6. The molecule has 1 atom stereocenters. The number of Topliss-reactive ketones (excluding diaryl/α,β-unsaturated/α-hetero) is 1. The van der Waals surface area contributed by atoms with E-state index in [9.17, 15) is 9.90 Å². The van der Waals surface area contributed by atoms with Gasteiger partial charge in [-0.3, -0.25) is 4.79 Å². The van der Waals surface area contributed by atoms with Crippen molar-refractivity contribution < 1.29 is 19.4 Å². The number of hydrogen-bond acceptors (Lipinski definition) is 4. The Balaban J connectivity index is 1.57. The molecule has 5 rings (SSSR count). The van der Waals surface area contributed by atoms with Crippen LogP contribution in [0.3, 0.4) is 0 Å². The fraction of sp³-hybridized carbons (Fsp3) is 0.207. The molecule has 4 aromatic rings. The predicted molar refractivity (Wildman–Crippen MR) is 129 cm³/mol. The lowest BCUT2D eigenvalue weighted by atomic mass is 9.82. The van der Waals surface area contributed by atoms with Crippen molar-refractivity contribution in [2.75, 3.05) is 0 Å². The Morgan fingerprint density at radius 3 is 2.15 bits per heavy atom. The molecule has 4 heteroatoms. The Morgan fingerprint density at radius 2 is 1.48 bits per heavy atom. The number of phenolic OH excluding ortho intramolecular Hbond substituents is 1. The van der Waals surface area contributed by atoms with Gasteiger partial charge in [-0.1, -0.05) is 67.6 Å². The van der Waals surface area contributed by atoms with Crippen molar-refractivity contribution in [1.82, 2.24) is 0 Å². The second-order valence-corrected chi connectivity index (χ2v) is 8.76. The van der Waals surface area contributed by atoms with E-state index in [4.69, 9.17) is 9.47 Å². The molecule has 0 amide bonds. The lowest BCUT2D eigenvalue weighted by Gasteiger charge is -2.23. The fourth-order valence-electron chi connectivity index (χ4n) is 4.53. The van der Waals surface area contributed by atoms with E-state index < -0.39 is 0 Å². The van der Waals surface area contributed by atoms with Gasteiger partial charge in [-0.15, -0.1) is 0 Å². The fourth-order valence-corrected chi connectivity index (χ4v) is 4.53. The molecule has 0 unspecified atom stereocenters. The molecule has 0 heterocycles. The van der Waals surface area contributed by atoms with Gasteiger partial charge in [0.1, 0.15) is 30.5 Å². The van der Waals surface area contributed by atoms with Crippen molar-refractivity contribution in [3.8, 4) is 17.2 Å². The van der Waals surface area contributed by atoms with Crippen molar-refractivity contribution in [3.63, 3.8) is 0 Å². The third-order valence-corrected chi connectivity index (χ3v) is 6.10. The number of ketones is 1. The number of ether oxygens (including phenoxy) is 2. The molecule has 0 fully saturated rings. The van der Waals surface area contributed by atoms with Crippen molar-refractivity contribution in [2.45, 2.75) is 33.0 Å². The van der Waals surface area contributed by atoms with Gasteiger partial charge in [0.2, 0.25) is 0 Å². The van der Waals surface area contributed by atoms with Gasteiger partial charge in [-0.25, -0.2) is 0 Å². The van der Waals surface area contributed by atoms with E-state index in [0.29, 0.717) is 42.1 Å². The topological polar surface area (TPSA) is 55.8 Å². The molecule has 0 spiro atoms. The van der Waals surface area contributed by atoms with Crippen LogP contribution in [0.2, 0.25) is 0 Å². The van der Waals surface area contributed by atoms with Crippen LogP contribution in [0, 0.1) is 5.92 Å². The summed E-state index contributed by atoms with van der Waals surface area (Å²) in [5, 5.41) is 12.5. The summed E-state index contributed by atoms with van der Waals surface area (Å²) in [6.07, 6.45) is 1.21. The molecule has 0 saturated heterocycles. The van der Waals surface area contributed by atoms with Gasteiger partial charge < -0.3 is 14.6 Å². The van der Waals surface area contributed by atoms with E-state index in [1.807, 2.05) is 72.8 Å². The minimum atomic E-state index is -0.0124. The van der Waals surface area contributed by atoms with Gasteiger partial charge in [-0.05, 0) is 46.5 Å². The first-order valence-electron chi connectivity index (χ1n) is 11.3. The Morgan fingerprint density at radius 1 is 0.848 bits per heavy atom. The summed E-state index contributed by atoms with van der Waals surface area (Å²) in [4.78, 5) is 12.8. The van der Waals surface area contributed by atoms with Crippen LogP contribution in [0.1, 0.15) is 40.4 Å². The number of carbonyl (C=O) groups is 1. The van der Waals surface area contributed by atoms with Crippen LogP contribution in [-0.2, 0) is 19.6 Å². The maximum absolute atomic E-state index is 12.8. The summed E-state index contributed by atoms with van der Waals surface area (Å²) in [7, 11) is 0. The second kappa shape index (κ2) is 8.99. The number of benzene rings is 4. The van der Waals surface area contributed by atoms with Gasteiger partial charge in [0, 0.05) is 12.5 Å². The summed E-state index contributed by atoms with van der Waals surface area (Å²) in [6.45, 7) is 2.84. The highest BCUT2D eigenvalue weighted by molar-refractivity contribution is 6.08. The van der Waals surface area contributed by atoms with Gasteiger partial charge in [0.05, 0.1) is 10.9 Å². The molecule has 1 N–H and O–H groups in total. The smallest absolute Gasteiger partial charge is 0.167 e. The SMILES string of the molecule is C[C@@H]1CC(=O)c2c(cc3cc(OCc4ccccc4)cc(OCc4ccccc4)c3c2O)C1. The van der Waals surface area contributed by atoms with E-state index in [0.717, 1.165) is 28.5 Å². The van der Waals surface area contributed by atoms with Gasteiger partial charge in [-0.2, -0.15) is 0 Å². The molecule has 4 nitrogen and oxygen atoms in total. The zero-order valence-corrected chi connectivity index (χ0v) is 18.6. The molecule has 1 aliphatic rings.